The molecule has 6 N–H and O–H groups in total. The van der Waals surface area contributed by atoms with E-state index in [4.69, 9.17) is 28.9 Å². The summed E-state index contributed by atoms with van der Waals surface area (Å²) < 4.78 is 0. The summed E-state index contributed by atoms with van der Waals surface area (Å²) in [6, 6.07) is 56.2. The number of benzene rings is 5. The zero-order chi connectivity index (χ0) is 44.3. The van der Waals surface area contributed by atoms with Crippen molar-refractivity contribution in [1.29, 1.82) is 0 Å². The van der Waals surface area contributed by atoms with Crippen molar-refractivity contribution >= 4 is 75.2 Å². The van der Waals surface area contributed by atoms with Crippen molar-refractivity contribution < 1.29 is 0 Å². The van der Waals surface area contributed by atoms with Gasteiger partial charge in [0.1, 0.15) is 11.6 Å². The number of aryl methyl sites for hydroxylation is 2. The maximum atomic E-state index is 5.65. The van der Waals surface area contributed by atoms with Crippen LogP contribution < -0.4 is 27.0 Å². The molecular weight excluding hydrogens is 830 g/mol. The Labute approximate surface area is 377 Å². The highest BCUT2D eigenvalue weighted by Crippen LogP contribution is 2.18. The van der Waals surface area contributed by atoms with Gasteiger partial charge in [-0.3, -0.25) is 0 Å². The standard InChI is InChI=1S/C16H14N4.C11H11N3.C10H8ClN3.C6H7N.C5H5ClN2/c1-3-7-13(8-4-1)18-15-11-12-17-16(20-15)19-14-9-5-2-6-10-14;1-9-7-8-12-11(13-9)14-10-5-3-2-4-6-10;11-10-12-7-6-9(14-10)13-8-4-2-1-3-5-8;7-6-4-2-1-3-5-6;1-4-2-3-7-5(6)8-4/h1-12H,(H2,17,18,19,20);2-8H,1H3,(H,12,13,14);1-7H,(H,12,13,14);1-5H,7H2;2-3H,1H3. The van der Waals surface area contributed by atoms with E-state index >= 15 is 0 Å². The second-order valence-electron chi connectivity index (χ2n) is 12.8. The lowest BCUT2D eigenvalue weighted by molar-refractivity contribution is 1.10. The molecule has 0 spiro atoms. The molecule has 13 nitrogen and oxygen atoms in total. The van der Waals surface area contributed by atoms with E-state index in [1.165, 1.54) is 0 Å². The first-order valence-corrected chi connectivity index (χ1v) is 20.2. The number of halogens is 2. The van der Waals surface area contributed by atoms with Gasteiger partial charge in [0, 0.05) is 64.6 Å². The number of hydrogen-bond donors (Lipinski definition) is 5. The quantitative estimate of drug-likeness (QED) is 0.0720. The summed E-state index contributed by atoms with van der Waals surface area (Å²) in [4.78, 5) is 32.3. The van der Waals surface area contributed by atoms with Gasteiger partial charge in [0.05, 0.1) is 0 Å². The molecule has 0 aliphatic carbocycles. The number of nitrogens with one attached hydrogen (secondary N) is 4. The van der Waals surface area contributed by atoms with E-state index in [1.54, 1.807) is 36.9 Å². The molecule has 0 amide bonds. The molecule has 9 rings (SSSR count). The van der Waals surface area contributed by atoms with Crippen molar-refractivity contribution in [2.75, 3.05) is 27.0 Å². The topological polar surface area (TPSA) is 177 Å². The molecule has 0 bridgehead atoms. The van der Waals surface area contributed by atoms with Gasteiger partial charge in [0.15, 0.2) is 0 Å². The highest BCUT2D eigenvalue weighted by atomic mass is 35.5. The van der Waals surface area contributed by atoms with Crippen LogP contribution in [0, 0.1) is 13.8 Å². The predicted octanol–water partition coefficient (Wildman–Crippen LogP) is 12.1. The fourth-order valence-corrected chi connectivity index (χ4v) is 5.25. The van der Waals surface area contributed by atoms with Crippen molar-refractivity contribution in [3.8, 4) is 0 Å². The van der Waals surface area contributed by atoms with Crippen LogP contribution >= 0.6 is 23.2 Å². The van der Waals surface area contributed by atoms with E-state index in [0.717, 1.165) is 45.6 Å². The molecule has 4 heterocycles. The molecule has 0 aliphatic rings. The van der Waals surface area contributed by atoms with E-state index in [9.17, 15) is 0 Å². The van der Waals surface area contributed by atoms with Gasteiger partial charge in [-0.05, 0) is 122 Å². The van der Waals surface area contributed by atoms with Crippen LogP contribution in [0.25, 0.3) is 0 Å². The number of hydrogen-bond acceptors (Lipinski definition) is 13. The normalized spacial score (nSPS) is 9.65. The van der Waals surface area contributed by atoms with Crippen molar-refractivity contribution in [3.63, 3.8) is 0 Å². The molecule has 9 aromatic rings. The molecule has 0 unspecified atom stereocenters. The lowest BCUT2D eigenvalue weighted by Crippen LogP contribution is -2.00. The Morgan fingerprint density at radius 3 is 1.05 bits per heavy atom. The monoisotopic (exact) mass is 873 g/mol. The lowest BCUT2D eigenvalue weighted by Gasteiger charge is -2.08. The number of anilines is 9. The fourth-order valence-electron chi connectivity index (χ4n) is 4.91. The Morgan fingerprint density at radius 2 is 0.683 bits per heavy atom. The van der Waals surface area contributed by atoms with Crippen LogP contribution in [0.4, 0.5) is 52.0 Å². The van der Waals surface area contributed by atoms with E-state index in [2.05, 4.69) is 61.1 Å². The Bertz CT molecular complexity index is 2480. The van der Waals surface area contributed by atoms with Crippen LogP contribution in [0.1, 0.15) is 11.4 Å². The Balaban J connectivity index is 0.000000156. The number of aromatic nitrogens is 8. The number of nitrogens with two attached hydrogens (primary N) is 1. The fraction of sp³-hybridized carbons (Fsp3) is 0.0417. The minimum Gasteiger partial charge on any atom is -0.399 e. The van der Waals surface area contributed by atoms with Crippen LogP contribution in [0.2, 0.25) is 10.6 Å². The number of rotatable bonds is 8. The SMILES string of the molecule is Cc1ccnc(Cl)n1.Cc1ccnc(Nc2ccccc2)n1.Clc1nccc(Nc2ccccc2)n1.Nc1ccccc1.c1ccc(Nc2ccnc(Nc3ccccc3)n2)cc1. The number of nitrogens with zero attached hydrogens (tertiary/aromatic N) is 8. The Hall–Kier alpha value is -8.00. The summed E-state index contributed by atoms with van der Waals surface area (Å²) in [5, 5.41) is 13.2. The van der Waals surface area contributed by atoms with Crippen molar-refractivity contribution in [2.24, 2.45) is 0 Å². The first-order chi connectivity index (χ1) is 30.8. The lowest BCUT2D eigenvalue weighted by atomic mass is 10.3. The zero-order valence-electron chi connectivity index (χ0n) is 34.5. The molecule has 0 saturated carbocycles. The van der Waals surface area contributed by atoms with Gasteiger partial charge in [-0.25, -0.2) is 34.9 Å². The average molecular weight is 875 g/mol. The summed E-state index contributed by atoms with van der Waals surface area (Å²) in [7, 11) is 0. The summed E-state index contributed by atoms with van der Waals surface area (Å²) >= 11 is 11.1. The third-order valence-electron chi connectivity index (χ3n) is 7.79. The molecule has 0 fully saturated rings. The first-order valence-electron chi connectivity index (χ1n) is 19.4. The molecule has 15 heteroatoms. The molecule has 0 radical (unpaired) electrons. The predicted molar refractivity (Wildman–Crippen MR) is 257 cm³/mol. The summed E-state index contributed by atoms with van der Waals surface area (Å²) in [6.45, 7) is 3.81. The minimum absolute atomic E-state index is 0.242. The largest absolute Gasteiger partial charge is 0.399 e. The van der Waals surface area contributed by atoms with Crippen LogP contribution in [0.3, 0.4) is 0 Å². The van der Waals surface area contributed by atoms with Gasteiger partial charge in [-0.15, -0.1) is 0 Å². The average Bonchev–Trinajstić information content (AvgIpc) is 3.29. The van der Waals surface area contributed by atoms with Gasteiger partial charge in [-0.2, -0.15) is 4.98 Å². The van der Waals surface area contributed by atoms with Crippen LogP contribution in [0.15, 0.2) is 201 Å². The summed E-state index contributed by atoms with van der Waals surface area (Å²) in [5.41, 5.74) is 12.0. The maximum absolute atomic E-state index is 5.65. The van der Waals surface area contributed by atoms with Gasteiger partial charge < -0.3 is 27.0 Å². The highest BCUT2D eigenvalue weighted by Gasteiger charge is 2.01. The smallest absolute Gasteiger partial charge is 0.229 e. The Kier molecular flexibility index (Phi) is 19.2. The van der Waals surface area contributed by atoms with Gasteiger partial charge in [0.25, 0.3) is 0 Å². The third kappa shape index (κ3) is 18.9. The maximum Gasteiger partial charge on any atom is 0.229 e. The van der Waals surface area contributed by atoms with Crippen molar-refractivity contribution in [1.82, 2.24) is 39.9 Å². The third-order valence-corrected chi connectivity index (χ3v) is 8.16. The van der Waals surface area contributed by atoms with Crippen molar-refractivity contribution in [2.45, 2.75) is 13.8 Å². The van der Waals surface area contributed by atoms with Crippen LogP contribution in [0.5, 0.6) is 0 Å². The molecule has 316 valence electrons. The van der Waals surface area contributed by atoms with Crippen molar-refractivity contribution in [3.05, 3.63) is 223 Å². The second kappa shape index (κ2) is 26.3. The number of nitrogen functional groups attached to an aromatic ring is 1. The molecule has 63 heavy (non-hydrogen) atoms. The van der Waals surface area contributed by atoms with E-state index in [1.807, 2.05) is 178 Å². The van der Waals surface area contributed by atoms with Gasteiger partial charge >= 0.3 is 0 Å². The van der Waals surface area contributed by atoms with E-state index in [0.29, 0.717) is 23.0 Å². The molecule has 0 saturated heterocycles. The van der Waals surface area contributed by atoms with Crippen LogP contribution in [-0.4, -0.2) is 39.9 Å². The number of para-hydroxylation sites is 5. The van der Waals surface area contributed by atoms with Gasteiger partial charge in [-0.1, -0.05) is 91.0 Å². The van der Waals surface area contributed by atoms with E-state index in [-0.39, 0.29) is 5.28 Å². The second-order valence-corrected chi connectivity index (χ2v) is 13.5. The molecule has 0 aliphatic heterocycles. The highest BCUT2D eigenvalue weighted by molar-refractivity contribution is 6.28. The molecular formula is C48H45Cl2N13. The van der Waals surface area contributed by atoms with E-state index < -0.39 is 0 Å². The zero-order valence-corrected chi connectivity index (χ0v) is 36.0. The first kappa shape index (κ1) is 46.1. The molecule has 4 aromatic heterocycles. The summed E-state index contributed by atoms with van der Waals surface area (Å²) in [5.74, 6) is 2.65. The van der Waals surface area contributed by atoms with Gasteiger partial charge in [0.2, 0.25) is 22.5 Å². The molecule has 5 aromatic carbocycles. The molecule has 0 atom stereocenters. The van der Waals surface area contributed by atoms with Crippen LogP contribution in [-0.2, 0) is 0 Å². The summed E-state index contributed by atoms with van der Waals surface area (Å²) in [6.07, 6.45) is 6.71. The minimum atomic E-state index is 0.242. The Morgan fingerprint density at radius 1 is 0.349 bits per heavy atom.